The van der Waals surface area contributed by atoms with E-state index in [1.165, 1.54) is 33.5 Å². The van der Waals surface area contributed by atoms with Gasteiger partial charge in [-0.05, 0) is 47.7 Å². The highest BCUT2D eigenvalue weighted by atomic mass is 16.7. The average Bonchev–Trinajstić information content (AvgIpc) is 3.16. The predicted molar refractivity (Wildman–Crippen MR) is 103 cm³/mol. The van der Waals surface area contributed by atoms with Gasteiger partial charge in [0.05, 0.1) is 14.2 Å². The summed E-state index contributed by atoms with van der Waals surface area (Å²) in [4.78, 5) is 2.47. The highest BCUT2D eigenvalue weighted by Crippen LogP contribution is 2.49. The van der Waals surface area contributed by atoms with Crippen LogP contribution in [-0.4, -0.2) is 32.5 Å². The van der Waals surface area contributed by atoms with Crippen LogP contribution in [0.3, 0.4) is 0 Å². The SMILES string of the molecule is CCC1=C2c3cc4c(cc3CCN2Cc2c1ccc(OC)c2OC)OCO4. The third kappa shape index (κ3) is 2.30. The van der Waals surface area contributed by atoms with E-state index in [0.717, 1.165) is 48.9 Å². The van der Waals surface area contributed by atoms with Crippen LogP contribution in [0.2, 0.25) is 0 Å². The molecule has 140 valence electrons. The Morgan fingerprint density at radius 2 is 1.85 bits per heavy atom. The summed E-state index contributed by atoms with van der Waals surface area (Å²) in [7, 11) is 3.41. The van der Waals surface area contributed by atoms with Crippen LogP contribution in [0.1, 0.15) is 35.6 Å². The van der Waals surface area contributed by atoms with Crippen molar-refractivity contribution in [3.8, 4) is 23.0 Å². The number of fused-ring (bicyclic) bond motifs is 5. The van der Waals surface area contributed by atoms with Crippen molar-refractivity contribution in [3.05, 3.63) is 46.5 Å². The van der Waals surface area contributed by atoms with Crippen molar-refractivity contribution in [1.29, 1.82) is 0 Å². The summed E-state index contributed by atoms with van der Waals surface area (Å²) >= 11 is 0. The van der Waals surface area contributed by atoms with Crippen molar-refractivity contribution in [2.45, 2.75) is 26.3 Å². The molecule has 0 bridgehead atoms. The van der Waals surface area contributed by atoms with Gasteiger partial charge in [-0.25, -0.2) is 0 Å². The monoisotopic (exact) mass is 365 g/mol. The molecule has 0 fully saturated rings. The van der Waals surface area contributed by atoms with E-state index in [1.54, 1.807) is 14.2 Å². The van der Waals surface area contributed by atoms with Crippen molar-refractivity contribution in [3.63, 3.8) is 0 Å². The molecule has 27 heavy (non-hydrogen) atoms. The summed E-state index contributed by atoms with van der Waals surface area (Å²) < 4.78 is 22.5. The highest BCUT2D eigenvalue weighted by molar-refractivity contribution is 5.95. The Kier molecular flexibility index (Phi) is 3.71. The molecule has 0 saturated carbocycles. The summed E-state index contributed by atoms with van der Waals surface area (Å²) in [6, 6.07) is 8.48. The first kappa shape index (κ1) is 16.4. The number of benzene rings is 2. The molecular formula is C22H23NO4. The molecule has 0 aromatic heterocycles. The van der Waals surface area contributed by atoms with E-state index in [4.69, 9.17) is 18.9 Å². The van der Waals surface area contributed by atoms with E-state index in [1.807, 2.05) is 6.07 Å². The molecule has 3 heterocycles. The molecule has 0 unspecified atom stereocenters. The van der Waals surface area contributed by atoms with Crippen LogP contribution >= 0.6 is 0 Å². The minimum Gasteiger partial charge on any atom is -0.493 e. The Balaban J connectivity index is 1.75. The third-order valence-corrected chi connectivity index (χ3v) is 5.78. The first-order chi connectivity index (χ1) is 13.2. The summed E-state index contributed by atoms with van der Waals surface area (Å²) in [5.41, 5.74) is 7.73. The van der Waals surface area contributed by atoms with E-state index in [9.17, 15) is 0 Å². The van der Waals surface area contributed by atoms with E-state index in [-0.39, 0.29) is 0 Å². The molecule has 0 amide bonds. The van der Waals surface area contributed by atoms with Crippen molar-refractivity contribution in [1.82, 2.24) is 4.90 Å². The molecule has 5 nitrogen and oxygen atoms in total. The molecular weight excluding hydrogens is 342 g/mol. The molecule has 0 atom stereocenters. The van der Waals surface area contributed by atoms with Crippen LogP contribution < -0.4 is 18.9 Å². The summed E-state index contributed by atoms with van der Waals surface area (Å²) in [5.74, 6) is 3.34. The average molecular weight is 365 g/mol. The Morgan fingerprint density at radius 1 is 1.04 bits per heavy atom. The summed E-state index contributed by atoms with van der Waals surface area (Å²) in [6.07, 6.45) is 1.94. The lowest BCUT2D eigenvalue weighted by molar-refractivity contribution is 0.174. The molecule has 0 aliphatic carbocycles. The van der Waals surface area contributed by atoms with Crippen LogP contribution in [-0.2, 0) is 13.0 Å². The van der Waals surface area contributed by atoms with E-state index >= 15 is 0 Å². The minimum atomic E-state index is 0.307. The van der Waals surface area contributed by atoms with Gasteiger partial charge in [-0.15, -0.1) is 0 Å². The summed E-state index contributed by atoms with van der Waals surface area (Å²) in [6.45, 7) is 4.32. The van der Waals surface area contributed by atoms with Crippen molar-refractivity contribution >= 4 is 11.3 Å². The van der Waals surface area contributed by atoms with E-state index in [2.05, 4.69) is 30.0 Å². The zero-order valence-electron chi connectivity index (χ0n) is 15.9. The number of methoxy groups -OCH3 is 2. The van der Waals surface area contributed by atoms with Crippen LogP contribution in [0.4, 0.5) is 0 Å². The number of ether oxygens (including phenoxy) is 4. The van der Waals surface area contributed by atoms with Gasteiger partial charge in [0.25, 0.3) is 0 Å². The molecule has 3 aliphatic rings. The van der Waals surface area contributed by atoms with Crippen molar-refractivity contribution < 1.29 is 18.9 Å². The smallest absolute Gasteiger partial charge is 0.231 e. The zero-order valence-corrected chi connectivity index (χ0v) is 15.9. The van der Waals surface area contributed by atoms with Gasteiger partial charge in [-0.1, -0.05) is 13.0 Å². The Labute approximate surface area is 159 Å². The third-order valence-electron chi connectivity index (χ3n) is 5.78. The minimum absolute atomic E-state index is 0.307. The number of hydrogen-bond donors (Lipinski definition) is 0. The highest BCUT2D eigenvalue weighted by Gasteiger charge is 2.33. The molecule has 2 aromatic carbocycles. The molecule has 0 N–H and O–H groups in total. The van der Waals surface area contributed by atoms with Crippen LogP contribution in [0, 0.1) is 0 Å². The molecule has 2 aromatic rings. The predicted octanol–water partition coefficient (Wildman–Crippen LogP) is 4.08. The lowest BCUT2D eigenvalue weighted by Crippen LogP contribution is -2.33. The van der Waals surface area contributed by atoms with Gasteiger partial charge in [-0.2, -0.15) is 0 Å². The zero-order chi connectivity index (χ0) is 18.5. The maximum Gasteiger partial charge on any atom is 0.231 e. The Morgan fingerprint density at radius 3 is 2.59 bits per heavy atom. The topological polar surface area (TPSA) is 40.2 Å². The fraction of sp³-hybridized carbons (Fsp3) is 0.364. The van der Waals surface area contributed by atoms with Gasteiger partial charge < -0.3 is 23.8 Å². The molecule has 5 heteroatoms. The van der Waals surface area contributed by atoms with Crippen LogP contribution in [0.15, 0.2) is 24.3 Å². The van der Waals surface area contributed by atoms with Gasteiger partial charge in [-0.3, -0.25) is 0 Å². The molecule has 0 radical (unpaired) electrons. The second-order valence-corrected chi connectivity index (χ2v) is 7.04. The van der Waals surface area contributed by atoms with Gasteiger partial charge in [0.2, 0.25) is 6.79 Å². The van der Waals surface area contributed by atoms with E-state index in [0.29, 0.717) is 6.79 Å². The number of nitrogens with zero attached hydrogens (tertiary/aromatic N) is 1. The second-order valence-electron chi connectivity index (χ2n) is 7.04. The largest absolute Gasteiger partial charge is 0.493 e. The van der Waals surface area contributed by atoms with Gasteiger partial charge in [0, 0.05) is 29.9 Å². The molecule has 3 aliphatic heterocycles. The molecule has 5 rings (SSSR count). The van der Waals surface area contributed by atoms with Gasteiger partial charge >= 0.3 is 0 Å². The fourth-order valence-electron chi connectivity index (χ4n) is 4.57. The second kappa shape index (κ2) is 6.12. The number of allylic oxidation sites excluding steroid dienone is 1. The normalized spacial score (nSPS) is 16.6. The lowest BCUT2D eigenvalue weighted by Gasteiger charge is -2.40. The first-order valence-corrected chi connectivity index (χ1v) is 9.40. The summed E-state index contributed by atoms with van der Waals surface area (Å²) in [5, 5.41) is 0. The molecule has 0 saturated heterocycles. The standard InChI is InChI=1S/C22H23NO4/c1-4-14-15-5-6-18(24-2)22(25-3)17(15)11-23-8-7-13-9-19-20(27-12-26-19)10-16(13)21(14)23/h5-6,9-10H,4,7-8,11-12H2,1-3H3. The maximum absolute atomic E-state index is 5.73. The maximum atomic E-state index is 5.73. The Bertz CT molecular complexity index is 963. The fourth-order valence-corrected chi connectivity index (χ4v) is 4.57. The van der Waals surface area contributed by atoms with Crippen LogP contribution in [0.25, 0.3) is 11.3 Å². The van der Waals surface area contributed by atoms with Gasteiger partial charge in [0.1, 0.15) is 0 Å². The van der Waals surface area contributed by atoms with Crippen LogP contribution in [0.5, 0.6) is 23.0 Å². The van der Waals surface area contributed by atoms with Crippen molar-refractivity contribution in [2.24, 2.45) is 0 Å². The van der Waals surface area contributed by atoms with E-state index < -0.39 is 0 Å². The number of hydrogen-bond acceptors (Lipinski definition) is 5. The molecule has 0 spiro atoms. The van der Waals surface area contributed by atoms with Gasteiger partial charge in [0.15, 0.2) is 23.0 Å². The quantitative estimate of drug-likeness (QED) is 0.820. The first-order valence-electron chi connectivity index (χ1n) is 9.40. The number of rotatable bonds is 3. The van der Waals surface area contributed by atoms with Crippen molar-refractivity contribution in [2.75, 3.05) is 27.6 Å². The Hall–Kier alpha value is -2.82. The lowest BCUT2D eigenvalue weighted by atomic mass is 9.84.